The van der Waals surface area contributed by atoms with Crippen LogP contribution in [0.3, 0.4) is 0 Å². The van der Waals surface area contributed by atoms with Crippen molar-refractivity contribution >= 4 is 63.4 Å². The van der Waals surface area contributed by atoms with Gasteiger partial charge in [-0.3, -0.25) is 4.79 Å². The van der Waals surface area contributed by atoms with Gasteiger partial charge < -0.3 is 15.1 Å². The molecule has 0 saturated carbocycles. The molecular weight excluding hydrogens is 438 g/mol. The molecule has 0 spiro atoms. The van der Waals surface area contributed by atoms with Crippen molar-refractivity contribution in [2.24, 2.45) is 0 Å². The molecule has 0 bridgehead atoms. The Morgan fingerprint density at radius 2 is 1.83 bits per heavy atom. The molecule has 4 rings (SSSR count). The first-order chi connectivity index (χ1) is 14.6. The molecule has 0 atom stereocenters. The molecule has 0 fully saturated rings. The van der Waals surface area contributed by atoms with E-state index in [4.69, 9.17) is 28.2 Å². The number of nitrogens with zero attached hydrogens (tertiary/aromatic N) is 1. The second-order valence-corrected chi connectivity index (χ2v) is 8.21. The number of rotatable bonds is 5. The quantitative estimate of drug-likeness (QED) is 0.296. The van der Waals surface area contributed by atoms with Crippen LogP contribution in [0.2, 0.25) is 5.02 Å². The number of carbonyl (C=O) groups is 1. The summed E-state index contributed by atoms with van der Waals surface area (Å²) in [6.07, 6.45) is 0. The van der Waals surface area contributed by atoms with E-state index < -0.39 is 0 Å². The minimum absolute atomic E-state index is 0.193. The smallest absolute Gasteiger partial charge is 0.236 e. The van der Waals surface area contributed by atoms with Crippen LogP contribution in [0.25, 0.3) is 22.6 Å². The molecule has 4 aromatic rings. The van der Waals surface area contributed by atoms with Crippen LogP contribution in [0.15, 0.2) is 82.1 Å². The van der Waals surface area contributed by atoms with Gasteiger partial charge in [-0.2, -0.15) is 0 Å². The third-order valence-electron chi connectivity index (χ3n) is 4.10. The molecule has 0 saturated heterocycles. The number of amides is 1. The average Bonchev–Trinajstić information content (AvgIpc) is 3.17. The molecular formula is C22H16ClN3O2S2. The maximum absolute atomic E-state index is 12.1. The van der Waals surface area contributed by atoms with Crippen LogP contribution in [-0.4, -0.2) is 21.8 Å². The van der Waals surface area contributed by atoms with Gasteiger partial charge >= 0.3 is 0 Å². The van der Waals surface area contributed by atoms with Crippen LogP contribution < -0.4 is 10.6 Å². The minimum atomic E-state index is -0.193. The van der Waals surface area contributed by atoms with Gasteiger partial charge in [-0.15, -0.1) is 11.8 Å². The first-order valence-electron chi connectivity index (χ1n) is 9.02. The number of anilines is 1. The number of hydrogen-bond donors (Lipinski definition) is 2. The van der Waals surface area contributed by atoms with E-state index in [-0.39, 0.29) is 16.8 Å². The predicted molar refractivity (Wildman–Crippen MR) is 126 cm³/mol. The average molecular weight is 454 g/mol. The maximum Gasteiger partial charge on any atom is 0.236 e. The summed E-state index contributed by atoms with van der Waals surface area (Å²) in [4.78, 5) is 17.6. The lowest BCUT2D eigenvalue weighted by atomic mass is 10.2. The van der Waals surface area contributed by atoms with E-state index in [1.165, 1.54) is 11.8 Å². The molecule has 2 N–H and O–H groups in total. The van der Waals surface area contributed by atoms with Crippen LogP contribution in [0, 0.1) is 0 Å². The molecule has 0 radical (unpaired) electrons. The van der Waals surface area contributed by atoms with Crippen molar-refractivity contribution < 1.29 is 9.21 Å². The highest BCUT2D eigenvalue weighted by Gasteiger charge is 2.10. The number of aromatic nitrogens is 1. The summed E-state index contributed by atoms with van der Waals surface area (Å²) < 4.78 is 5.81. The number of carbonyl (C=O) groups excluding carboxylic acids is 1. The van der Waals surface area contributed by atoms with Crippen LogP contribution in [-0.2, 0) is 4.79 Å². The van der Waals surface area contributed by atoms with Gasteiger partial charge in [0.15, 0.2) is 10.7 Å². The molecule has 0 unspecified atom stereocenters. The van der Waals surface area contributed by atoms with Gasteiger partial charge in [0, 0.05) is 21.2 Å². The minimum Gasteiger partial charge on any atom is -0.436 e. The third kappa shape index (κ3) is 5.18. The van der Waals surface area contributed by atoms with Crippen molar-refractivity contribution in [3.63, 3.8) is 0 Å². The molecule has 0 aliphatic carbocycles. The number of oxazole rings is 1. The Kier molecular flexibility index (Phi) is 6.32. The van der Waals surface area contributed by atoms with E-state index in [1.54, 1.807) is 12.1 Å². The van der Waals surface area contributed by atoms with E-state index in [2.05, 4.69) is 15.6 Å². The fraction of sp³-hybridized carbons (Fsp3) is 0.0455. The molecule has 0 aliphatic heterocycles. The molecule has 30 heavy (non-hydrogen) atoms. The summed E-state index contributed by atoms with van der Waals surface area (Å²) in [5.74, 6) is 0.603. The highest BCUT2D eigenvalue weighted by molar-refractivity contribution is 8.00. The van der Waals surface area contributed by atoms with Gasteiger partial charge in [-0.05, 0) is 66.8 Å². The zero-order valence-corrected chi connectivity index (χ0v) is 18.0. The fourth-order valence-electron chi connectivity index (χ4n) is 2.71. The SMILES string of the molecule is O=C(CSc1ccc(Cl)cc1)NC(=S)Nc1ccc2oc(-c3ccccc3)nc2c1. The summed E-state index contributed by atoms with van der Waals surface area (Å²) in [5, 5.41) is 6.58. The van der Waals surface area contributed by atoms with Crippen molar-refractivity contribution in [1.82, 2.24) is 10.3 Å². The number of nitrogens with one attached hydrogen (secondary N) is 2. The lowest BCUT2D eigenvalue weighted by molar-refractivity contribution is -0.117. The molecule has 3 aromatic carbocycles. The normalized spacial score (nSPS) is 10.7. The Labute approximate surface area is 187 Å². The molecule has 1 heterocycles. The van der Waals surface area contributed by atoms with Gasteiger partial charge in [0.05, 0.1) is 5.75 Å². The van der Waals surface area contributed by atoms with Gasteiger partial charge in [-0.1, -0.05) is 29.8 Å². The van der Waals surface area contributed by atoms with E-state index in [9.17, 15) is 4.79 Å². The summed E-state index contributed by atoms with van der Waals surface area (Å²) in [5.41, 5.74) is 3.00. The second-order valence-electron chi connectivity index (χ2n) is 6.31. The Balaban J connectivity index is 1.35. The fourth-order valence-corrected chi connectivity index (χ4v) is 3.77. The molecule has 0 aliphatic rings. The molecule has 8 heteroatoms. The largest absolute Gasteiger partial charge is 0.436 e. The number of hydrogen-bond acceptors (Lipinski definition) is 5. The monoisotopic (exact) mass is 453 g/mol. The van der Waals surface area contributed by atoms with E-state index in [0.717, 1.165) is 10.5 Å². The van der Waals surface area contributed by atoms with Crippen LogP contribution in [0.1, 0.15) is 0 Å². The van der Waals surface area contributed by atoms with E-state index >= 15 is 0 Å². The highest BCUT2D eigenvalue weighted by Crippen LogP contribution is 2.26. The standard InChI is InChI=1S/C22H16ClN3O2S2/c23-15-6-9-17(10-7-15)30-13-20(27)26-22(29)24-16-8-11-19-18(12-16)25-21(28-19)14-4-2-1-3-5-14/h1-12H,13H2,(H2,24,26,27,29). The zero-order valence-electron chi connectivity index (χ0n) is 15.6. The topological polar surface area (TPSA) is 67.2 Å². The summed E-state index contributed by atoms with van der Waals surface area (Å²) in [7, 11) is 0. The highest BCUT2D eigenvalue weighted by atomic mass is 35.5. The Morgan fingerprint density at radius 3 is 2.60 bits per heavy atom. The first-order valence-corrected chi connectivity index (χ1v) is 10.8. The van der Waals surface area contributed by atoms with Crippen LogP contribution >= 0.6 is 35.6 Å². The maximum atomic E-state index is 12.1. The zero-order chi connectivity index (χ0) is 20.9. The van der Waals surface area contributed by atoms with Gasteiger partial charge in [-0.25, -0.2) is 4.98 Å². The van der Waals surface area contributed by atoms with Crippen molar-refractivity contribution in [2.45, 2.75) is 4.90 Å². The molecule has 5 nitrogen and oxygen atoms in total. The third-order valence-corrected chi connectivity index (χ3v) is 5.57. The Morgan fingerprint density at radius 1 is 1.07 bits per heavy atom. The van der Waals surface area contributed by atoms with Gasteiger partial charge in [0.2, 0.25) is 11.8 Å². The lowest BCUT2D eigenvalue weighted by Crippen LogP contribution is -2.35. The molecule has 1 amide bonds. The number of thioether (sulfide) groups is 1. The van der Waals surface area contributed by atoms with Gasteiger partial charge in [0.1, 0.15) is 5.52 Å². The summed E-state index contributed by atoms with van der Waals surface area (Å²) in [6, 6.07) is 22.5. The van der Waals surface area contributed by atoms with Crippen molar-refractivity contribution in [3.05, 3.63) is 77.8 Å². The Hall–Kier alpha value is -2.87. The van der Waals surface area contributed by atoms with Crippen LogP contribution in [0.4, 0.5) is 5.69 Å². The number of halogens is 1. The van der Waals surface area contributed by atoms with E-state index in [1.807, 2.05) is 60.7 Å². The lowest BCUT2D eigenvalue weighted by Gasteiger charge is -2.09. The van der Waals surface area contributed by atoms with Gasteiger partial charge in [0.25, 0.3) is 0 Å². The van der Waals surface area contributed by atoms with E-state index in [0.29, 0.717) is 27.7 Å². The summed E-state index contributed by atoms with van der Waals surface area (Å²) in [6.45, 7) is 0. The predicted octanol–water partition coefficient (Wildman–Crippen LogP) is 5.75. The van der Waals surface area contributed by atoms with Crippen LogP contribution in [0.5, 0.6) is 0 Å². The summed E-state index contributed by atoms with van der Waals surface area (Å²) >= 11 is 12.5. The van der Waals surface area contributed by atoms with Crippen molar-refractivity contribution in [3.8, 4) is 11.5 Å². The molecule has 1 aromatic heterocycles. The van der Waals surface area contributed by atoms with Crippen molar-refractivity contribution in [1.29, 1.82) is 0 Å². The number of thiocarbonyl (C=S) groups is 1. The Bertz CT molecular complexity index is 1190. The first kappa shape index (κ1) is 20.4. The number of benzene rings is 3. The van der Waals surface area contributed by atoms with Crippen molar-refractivity contribution in [2.75, 3.05) is 11.1 Å². The number of fused-ring (bicyclic) bond motifs is 1. The molecule has 150 valence electrons. The second kappa shape index (κ2) is 9.30.